The number of carbonyl (C=O) groups excluding carboxylic acids is 2. The van der Waals surface area contributed by atoms with Crippen LogP contribution in [0, 0.1) is 0 Å². The van der Waals surface area contributed by atoms with Crippen LogP contribution in [0.4, 0.5) is 0 Å². The van der Waals surface area contributed by atoms with Crippen LogP contribution in [0.2, 0.25) is 0 Å². The van der Waals surface area contributed by atoms with Gasteiger partial charge in [0.2, 0.25) is 11.6 Å². The normalized spacial score (nSPS) is 13.6. The molecule has 1 aromatic carbocycles. The molecule has 0 atom stereocenters. The first kappa shape index (κ1) is 10.5. The number of aromatic nitrogens is 2. The maximum absolute atomic E-state index is 12.0. The van der Waals surface area contributed by atoms with Crippen molar-refractivity contribution in [3.63, 3.8) is 0 Å². The van der Waals surface area contributed by atoms with Gasteiger partial charge >= 0.3 is 0 Å². The molecule has 18 heavy (non-hydrogen) atoms. The first-order valence-corrected chi connectivity index (χ1v) is 5.56. The van der Waals surface area contributed by atoms with E-state index < -0.39 is 11.6 Å². The van der Waals surface area contributed by atoms with E-state index in [1.807, 2.05) is 30.3 Å². The largest absolute Gasteiger partial charge is 0.308 e. The maximum Gasteiger partial charge on any atom is 0.235 e. The second kappa shape index (κ2) is 4.00. The second-order valence-corrected chi connectivity index (χ2v) is 4.01. The predicted molar refractivity (Wildman–Crippen MR) is 68.6 cm³/mol. The highest BCUT2D eigenvalue weighted by molar-refractivity contribution is 6.51. The molecule has 0 spiro atoms. The Morgan fingerprint density at radius 3 is 2.67 bits per heavy atom. The number of hydrogen-bond donors (Lipinski definition) is 2. The highest BCUT2D eigenvalue weighted by Crippen LogP contribution is 2.22. The van der Waals surface area contributed by atoms with Gasteiger partial charge in [-0.2, -0.15) is 0 Å². The lowest BCUT2D eigenvalue weighted by Gasteiger charge is -2.09. The number of allylic oxidation sites excluding steroid dienone is 1. The van der Waals surface area contributed by atoms with Crippen LogP contribution in [0.1, 0.15) is 16.1 Å². The standard InChI is InChI=1S/C14H10N2O2/c17-12-6-5-11-13(14(12)18)10-4-2-1-3-9(10)7-8-15-16-11/h1-8,15-16H. The summed E-state index contributed by atoms with van der Waals surface area (Å²) in [6.45, 7) is 0. The molecule has 4 nitrogen and oxygen atoms in total. The Morgan fingerprint density at radius 2 is 1.78 bits per heavy atom. The fourth-order valence-corrected chi connectivity index (χ4v) is 2.06. The maximum atomic E-state index is 12.0. The van der Waals surface area contributed by atoms with Gasteiger partial charge in [0, 0.05) is 6.20 Å². The van der Waals surface area contributed by atoms with Gasteiger partial charge in [-0.05, 0) is 29.0 Å². The van der Waals surface area contributed by atoms with Crippen molar-refractivity contribution in [1.29, 1.82) is 0 Å². The summed E-state index contributed by atoms with van der Waals surface area (Å²) in [4.78, 5) is 23.6. The molecule has 1 aliphatic carbocycles. The van der Waals surface area contributed by atoms with Crippen molar-refractivity contribution in [3.05, 3.63) is 53.9 Å². The quantitative estimate of drug-likeness (QED) is 0.692. The van der Waals surface area contributed by atoms with Crippen molar-refractivity contribution < 1.29 is 9.59 Å². The molecule has 4 heteroatoms. The minimum Gasteiger partial charge on any atom is -0.308 e. The molecule has 0 fully saturated rings. The van der Waals surface area contributed by atoms with E-state index in [0.29, 0.717) is 11.3 Å². The Morgan fingerprint density at radius 1 is 0.944 bits per heavy atom. The third-order valence-electron chi connectivity index (χ3n) is 2.90. The average Bonchev–Trinajstić information content (AvgIpc) is 2.36. The van der Waals surface area contributed by atoms with Crippen LogP contribution in [0.25, 0.3) is 16.8 Å². The van der Waals surface area contributed by atoms with Crippen molar-refractivity contribution >= 4 is 28.4 Å². The highest BCUT2D eigenvalue weighted by atomic mass is 16.2. The SMILES string of the molecule is O=C1C=Cc2[nH][nH]ccc3ccccc3c2C1=O. The molecule has 1 heterocycles. The van der Waals surface area contributed by atoms with E-state index >= 15 is 0 Å². The molecule has 3 rings (SSSR count). The molecule has 2 aromatic rings. The summed E-state index contributed by atoms with van der Waals surface area (Å²) in [6, 6.07) is 9.33. The number of Topliss-reactive ketones (excluding diaryl/α,β-unsaturated/α-hetero) is 1. The van der Waals surface area contributed by atoms with E-state index in [0.717, 1.165) is 10.8 Å². The summed E-state index contributed by atoms with van der Waals surface area (Å²) < 4.78 is 0. The molecular weight excluding hydrogens is 228 g/mol. The first-order chi connectivity index (χ1) is 8.77. The van der Waals surface area contributed by atoms with Crippen LogP contribution in [0.15, 0.2) is 42.6 Å². The average molecular weight is 238 g/mol. The zero-order valence-corrected chi connectivity index (χ0v) is 9.44. The summed E-state index contributed by atoms with van der Waals surface area (Å²) in [5, 5.41) is 7.42. The third-order valence-corrected chi connectivity index (χ3v) is 2.90. The van der Waals surface area contributed by atoms with Gasteiger partial charge in [-0.15, -0.1) is 0 Å². The van der Waals surface area contributed by atoms with Crippen LogP contribution in [-0.4, -0.2) is 21.8 Å². The number of ketones is 2. The second-order valence-electron chi connectivity index (χ2n) is 4.01. The number of benzene rings is 1. The van der Waals surface area contributed by atoms with E-state index in [4.69, 9.17) is 0 Å². The van der Waals surface area contributed by atoms with E-state index in [-0.39, 0.29) is 0 Å². The van der Waals surface area contributed by atoms with Crippen LogP contribution in [-0.2, 0) is 4.79 Å². The predicted octanol–water partition coefficient (Wildman–Crippen LogP) is 2.40. The molecule has 0 radical (unpaired) electrons. The summed E-state index contributed by atoms with van der Waals surface area (Å²) in [6.07, 6.45) is 4.64. The molecule has 2 N–H and O–H groups in total. The molecule has 0 aliphatic heterocycles. The Labute approximate surface area is 103 Å². The van der Waals surface area contributed by atoms with Crippen molar-refractivity contribution in [3.8, 4) is 0 Å². The third kappa shape index (κ3) is 1.55. The highest BCUT2D eigenvalue weighted by Gasteiger charge is 2.22. The van der Waals surface area contributed by atoms with Gasteiger partial charge in [0.25, 0.3) is 0 Å². The number of hydrogen-bond acceptors (Lipinski definition) is 2. The van der Waals surface area contributed by atoms with Crippen molar-refractivity contribution in [2.45, 2.75) is 0 Å². The molecule has 88 valence electrons. The fraction of sp³-hybridized carbons (Fsp3) is 0. The Bertz CT molecular complexity index is 733. The van der Waals surface area contributed by atoms with Gasteiger partial charge < -0.3 is 10.2 Å². The monoisotopic (exact) mass is 238 g/mol. The van der Waals surface area contributed by atoms with E-state index in [2.05, 4.69) is 10.2 Å². The molecule has 1 aromatic heterocycles. The van der Waals surface area contributed by atoms with Crippen LogP contribution < -0.4 is 0 Å². The van der Waals surface area contributed by atoms with Gasteiger partial charge in [-0.3, -0.25) is 9.59 Å². The van der Waals surface area contributed by atoms with Gasteiger partial charge in [0.05, 0.1) is 11.3 Å². The lowest BCUT2D eigenvalue weighted by atomic mass is 9.95. The summed E-state index contributed by atoms with van der Waals surface area (Å²) in [7, 11) is 0. The first-order valence-electron chi connectivity index (χ1n) is 5.56. The Hall–Kier alpha value is -2.62. The zero-order valence-electron chi connectivity index (χ0n) is 9.44. The number of H-pyrrole nitrogens is 2. The number of aromatic amines is 2. The molecule has 0 saturated carbocycles. The van der Waals surface area contributed by atoms with Gasteiger partial charge in [0.15, 0.2) is 0 Å². The number of carbonyl (C=O) groups is 2. The lowest BCUT2D eigenvalue weighted by Crippen LogP contribution is -2.17. The molecular formula is C14H10N2O2. The minimum atomic E-state index is -0.491. The van der Waals surface area contributed by atoms with Crippen molar-refractivity contribution in [1.82, 2.24) is 10.2 Å². The Kier molecular flexibility index (Phi) is 2.34. The summed E-state index contributed by atoms with van der Waals surface area (Å²) in [5.74, 6) is -0.973. The van der Waals surface area contributed by atoms with Crippen molar-refractivity contribution in [2.24, 2.45) is 0 Å². The number of nitrogens with one attached hydrogen (secondary N) is 2. The molecule has 0 saturated heterocycles. The van der Waals surface area contributed by atoms with Crippen LogP contribution in [0.5, 0.6) is 0 Å². The minimum absolute atomic E-state index is 0.412. The smallest absolute Gasteiger partial charge is 0.235 e. The van der Waals surface area contributed by atoms with Gasteiger partial charge in [-0.1, -0.05) is 24.3 Å². The zero-order chi connectivity index (χ0) is 12.5. The van der Waals surface area contributed by atoms with Crippen molar-refractivity contribution in [2.75, 3.05) is 0 Å². The molecule has 1 aliphatic rings. The van der Waals surface area contributed by atoms with Crippen LogP contribution in [0.3, 0.4) is 0 Å². The van der Waals surface area contributed by atoms with E-state index in [1.54, 1.807) is 12.3 Å². The fourth-order valence-electron chi connectivity index (χ4n) is 2.06. The molecule has 0 unspecified atom stereocenters. The molecule has 0 amide bonds. The molecule has 0 bridgehead atoms. The van der Waals surface area contributed by atoms with Gasteiger partial charge in [-0.25, -0.2) is 0 Å². The summed E-state index contributed by atoms with van der Waals surface area (Å²) in [5.41, 5.74) is 1.02. The van der Waals surface area contributed by atoms with E-state index in [1.165, 1.54) is 6.08 Å². The Balaban J connectivity index is 2.53. The number of fused-ring (bicyclic) bond motifs is 3. The van der Waals surface area contributed by atoms with E-state index in [9.17, 15) is 9.59 Å². The lowest BCUT2D eigenvalue weighted by molar-refractivity contribution is -0.110. The summed E-state index contributed by atoms with van der Waals surface area (Å²) >= 11 is 0. The number of rotatable bonds is 0. The topological polar surface area (TPSA) is 65.7 Å². The van der Waals surface area contributed by atoms with Gasteiger partial charge in [0.1, 0.15) is 0 Å². The van der Waals surface area contributed by atoms with Crippen LogP contribution >= 0.6 is 0 Å².